The zero-order chi connectivity index (χ0) is 11.8. The van der Waals surface area contributed by atoms with Crippen LogP contribution in [0.4, 0.5) is 18.9 Å². The van der Waals surface area contributed by atoms with E-state index in [-0.39, 0.29) is 5.69 Å². The molecule has 2 rings (SSSR count). The van der Waals surface area contributed by atoms with E-state index in [1.807, 2.05) is 0 Å². The average Bonchev–Trinajstić information content (AvgIpc) is 2.40. The lowest BCUT2D eigenvalue weighted by Crippen LogP contribution is -2.14. The summed E-state index contributed by atoms with van der Waals surface area (Å²) in [5.41, 5.74) is 5.95. The number of nitrogen functional groups attached to an aromatic ring is 1. The van der Waals surface area contributed by atoms with Crippen LogP contribution >= 0.6 is 0 Å². The predicted molar refractivity (Wildman–Crippen MR) is 57.1 cm³/mol. The molecule has 2 N–H and O–H groups in total. The summed E-state index contributed by atoms with van der Waals surface area (Å²) in [5.74, 6) is 0. The van der Waals surface area contributed by atoms with Gasteiger partial charge in [-0.15, -0.1) is 0 Å². The van der Waals surface area contributed by atoms with Crippen molar-refractivity contribution in [3.8, 4) is 0 Å². The molecule has 0 spiro atoms. The second-order valence-electron chi connectivity index (χ2n) is 4.23. The van der Waals surface area contributed by atoms with Crippen molar-refractivity contribution in [3.63, 3.8) is 0 Å². The van der Waals surface area contributed by atoms with Crippen LogP contribution in [0.15, 0.2) is 12.1 Å². The summed E-state index contributed by atoms with van der Waals surface area (Å²) in [6.45, 7) is 0. The van der Waals surface area contributed by atoms with Gasteiger partial charge in [-0.05, 0) is 42.9 Å². The van der Waals surface area contributed by atoms with E-state index in [4.69, 9.17) is 5.73 Å². The van der Waals surface area contributed by atoms with Gasteiger partial charge < -0.3 is 5.73 Å². The first kappa shape index (κ1) is 11.3. The molecule has 1 aliphatic rings. The van der Waals surface area contributed by atoms with Gasteiger partial charge in [0.2, 0.25) is 0 Å². The maximum Gasteiger partial charge on any atom is 0.418 e. The third-order valence-corrected chi connectivity index (χ3v) is 3.10. The lowest BCUT2D eigenvalue weighted by molar-refractivity contribution is -0.137. The van der Waals surface area contributed by atoms with Gasteiger partial charge in [-0.25, -0.2) is 0 Å². The van der Waals surface area contributed by atoms with Crippen LogP contribution in [0.5, 0.6) is 0 Å². The standard InChI is InChI=1S/C12H14F3N/c13-12(14,15)11-9-5-3-1-2-4-8(9)6-7-10(11)16/h6-7H,1-5,16H2. The summed E-state index contributed by atoms with van der Waals surface area (Å²) in [4.78, 5) is 0. The van der Waals surface area contributed by atoms with E-state index in [0.29, 0.717) is 12.0 Å². The van der Waals surface area contributed by atoms with Crippen molar-refractivity contribution in [2.24, 2.45) is 0 Å². The number of benzene rings is 1. The van der Waals surface area contributed by atoms with E-state index in [0.717, 1.165) is 31.2 Å². The molecule has 0 atom stereocenters. The Labute approximate surface area is 92.5 Å². The van der Waals surface area contributed by atoms with Crippen molar-refractivity contribution in [1.29, 1.82) is 0 Å². The third kappa shape index (κ3) is 2.01. The summed E-state index contributed by atoms with van der Waals surface area (Å²) < 4.78 is 38.7. The molecule has 0 saturated heterocycles. The van der Waals surface area contributed by atoms with Crippen LogP contribution in [-0.4, -0.2) is 0 Å². The molecule has 4 heteroatoms. The van der Waals surface area contributed by atoms with E-state index >= 15 is 0 Å². The predicted octanol–water partition coefficient (Wildman–Crippen LogP) is 3.56. The number of hydrogen-bond acceptors (Lipinski definition) is 1. The molecule has 0 aliphatic heterocycles. The van der Waals surface area contributed by atoms with E-state index in [1.54, 1.807) is 6.07 Å². The molecule has 0 radical (unpaired) electrons. The lowest BCUT2D eigenvalue weighted by atomic mass is 9.95. The van der Waals surface area contributed by atoms with Crippen LogP contribution in [0.1, 0.15) is 36.0 Å². The van der Waals surface area contributed by atoms with Crippen LogP contribution in [0, 0.1) is 0 Å². The molecule has 0 bridgehead atoms. The SMILES string of the molecule is Nc1ccc2c(c1C(F)(F)F)CCCCC2. The fourth-order valence-electron chi connectivity index (χ4n) is 2.36. The monoisotopic (exact) mass is 229 g/mol. The Morgan fingerprint density at radius 3 is 2.38 bits per heavy atom. The molecule has 88 valence electrons. The normalized spacial score (nSPS) is 16.7. The highest BCUT2D eigenvalue weighted by Gasteiger charge is 2.36. The fraction of sp³-hybridized carbons (Fsp3) is 0.500. The number of rotatable bonds is 0. The summed E-state index contributed by atoms with van der Waals surface area (Å²) in [6.07, 6.45) is -0.326. The highest BCUT2D eigenvalue weighted by Crippen LogP contribution is 2.39. The minimum absolute atomic E-state index is 0.145. The number of aryl methyl sites for hydroxylation is 1. The lowest BCUT2D eigenvalue weighted by Gasteiger charge is -2.17. The Morgan fingerprint density at radius 1 is 1.00 bits per heavy atom. The first-order valence-corrected chi connectivity index (χ1v) is 5.47. The average molecular weight is 229 g/mol. The summed E-state index contributed by atoms with van der Waals surface area (Å²) in [7, 11) is 0. The van der Waals surface area contributed by atoms with Crippen LogP contribution in [0.25, 0.3) is 0 Å². The topological polar surface area (TPSA) is 26.0 Å². The van der Waals surface area contributed by atoms with Gasteiger partial charge in [0.25, 0.3) is 0 Å². The summed E-state index contributed by atoms with van der Waals surface area (Å²) >= 11 is 0. The fourth-order valence-corrected chi connectivity index (χ4v) is 2.36. The van der Waals surface area contributed by atoms with Crippen LogP contribution < -0.4 is 5.73 Å². The van der Waals surface area contributed by atoms with Gasteiger partial charge in [0, 0.05) is 5.69 Å². The molecule has 16 heavy (non-hydrogen) atoms. The Bertz CT molecular complexity index is 396. The molecule has 0 saturated carbocycles. The number of hydrogen-bond donors (Lipinski definition) is 1. The Balaban J connectivity index is 2.58. The highest BCUT2D eigenvalue weighted by molar-refractivity contribution is 5.56. The van der Waals surface area contributed by atoms with Gasteiger partial charge in [0.15, 0.2) is 0 Å². The molecule has 1 aliphatic carbocycles. The quantitative estimate of drug-likeness (QED) is 0.534. The molecule has 0 unspecified atom stereocenters. The van der Waals surface area contributed by atoms with Gasteiger partial charge in [-0.1, -0.05) is 12.5 Å². The van der Waals surface area contributed by atoms with Gasteiger partial charge in [0.1, 0.15) is 0 Å². The molecule has 1 aromatic rings. The molecular formula is C12H14F3N. The van der Waals surface area contributed by atoms with Crippen LogP contribution in [-0.2, 0) is 19.0 Å². The highest BCUT2D eigenvalue weighted by atomic mass is 19.4. The van der Waals surface area contributed by atoms with E-state index in [2.05, 4.69) is 0 Å². The second kappa shape index (κ2) is 4.00. The van der Waals surface area contributed by atoms with Crippen LogP contribution in [0.2, 0.25) is 0 Å². The first-order valence-electron chi connectivity index (χ1n) is 5.47. The zero-order valence-corrected chi connectivity index (χ0v) is 8.90. The van der Waals surface area contributed by atoms with Crippen molar-refractivity contribution in [2.45, 2.75) is 38.3 Å². The van der Waals surface area contributed by atoms with E-state index in [9.17, 15) is 13.2 Å². The minimum Gasteiger partial charge on any atom is -0.398 e. The van der Waals surface area contributed by atoms with E-state index in [1.165, 1.54) is 6.07 Å². The molecule has 0 amide bonds. The van der Waals surface area contributed by atoms with Crippen molar-refractivity contribution in [3.05, 3.63) is 28.8 Å². The largest absolute Gasteiger partial charge is 0.418 e. The molecule has 1 aromatic carbocycles. The zero-order valence-electron chi connectivity index (χ0n) is 8.90. The van der Waals surface area contributed by atoms with Gasteiger partial charge in [0.05, 0.1) is 5.56 Å². The van der Waals surface area contributed by atoms with Crippen molar-refractivity contribution in [1.82, 2.24) is 0 Å². The summed E-state index contributed by atoms with van der Waals surface area (Å²) in [5, 5.41) is 0. The smallest absolute Gasteiger partial charge is 0.398 e. The molecule has 0 fully saturated rings. The second-order valence-corrected chi connectivity index (χ2v) is 4.23. The Kier molecular flexibility index (Phi) is 2.82. The van der Waals surface area contributed by atoms with Crippen LogP contribution in [0.3, 0.4) is 0 Å². The molecule has 0 aromatic heterocycles. The minimum atomic E-state index is -4.33. The molecule has 0 heterocycles. The van der Waals surface area contributed by atoms with E-state index < -0.39 is 11.7 Å². The maximum absolute atomic E-state index is 12.9. The molecule has 1 nitrogen and oxygen atoms in total. The maximum atomic E-state index is 12.9. The van der Waals surface area contributed by atoms with Gasteiger partial charge in [-0.3, -0.25) is 0 Å². The summed E-state index contributed by atoms with van der Waals surface area (Å²) in [6, 6.07) is 3.12. The number of nitrogens with two attached hydrogens (primary N) is 1. The number of halogens is 3. The number of fused-ring (bicyclic) bond motifs is 1. The third-order valence-electron chi connectivity index (χ3n) is 3.10. The number of anilines is 1. The Morgan fingerprint density at radius 2 is 1.69 bits per heavy atom. The first-order chi connectivity index (χ1) is 7.50. The van der Waals surface area contributed by atoms with Crippen molar-refractivity contribution in [2.75, 3.05) is 5.73 Å². The van der Waals surface area contributed by atoms with Crippen molar-refractivity contribution >= 4 is 5.69 Å². The van der Waals surface area contributed by atoms with Gasteiger partial charge >= 0.3 is 6.18 Å². The van der Waals surface area contributed by atoms with Crippen molar-refractivity contribution < 1.29 is 13.2 Å². The number of alkyl halides is 3. The molecular weight excluding hydrogens is 215 g/mol. The van der Waals surface area contributed by atoms with Gasteiger partial charge in [-0.2, -0.15) is 13.2 Å². The Hall–Kier alpha value is -1.19.